The van der Waals surface area contributed by atoms with Crippen LogP contribution in [0.25, 0.3) is 0 Å². The van der Waals surface area contributed by atoms with Gasteiger partial charge >= 0.3 is 0 Å². The summed E-state index contributed by atoms with van der Waals surface area (Å²) in [5.41, 5.74) is 8.06. The zero-order chi connectivity index (χ0) is 13.1. The number of nitrogens with two attached hydrogens (primary N) is 1. The minimum Gasteiger partial charge on any atom is -0.398 e. The van der Waals surface area contributed by atoms with Gasteiger partial charge in [0, 0.05) is 17.8 Å². The third-order valence-electron chi connectivity index (χ3n) is 3.62. The third kappa shape index (κ3) is 2.48. The SMILES string of the molecule is Cc1ccc(C(=O)N2CCCCC2CO)cc1N. The van der Waals surface area contributed by atoms with Crippen LogP contribution >= 0.6 is 0 Å². The summed E-state index contributed by atoms with van der Waals surface area (Å²) >= 11 is 0. The highest BCUT2D eigenvalue weighted by molar-refractivity contribution is 5.95. The van der Waals surface area contributed by atoms with Gasteiger partial charge in [-0.2, -0.15) is 0 Å². The van der Waals surface area contributed by atoms with Gasteiger partial charge in [-0.05, 0) is 43.9 Å². The molecule has 1 aromatic carbocycles. The fourth-order valence-electron chi connectivity index (χ4n) is 2.40. The van der Waals surface area contributed by atoms with Crippen molar-refractivity contribution < 1.29 is 9.90 Å². The lowest BCUT2D eigenvalue weighted by Gasteiger charge is -2.34. The second kappa shape index (κ2) is 5.40. The zero-order valence-electron chi connectivity index (χ0n) is 10.7. The van der Waals surface area contributed by atoms with Crippen LogP contribution in [0.3, 0.4) is 0 Å². The third-order valence-corrected chi connectivity index (χ3v) is 3.62. The molecule has 98 valence electrons. The molecule has 3 N–H and O–H groups in total. The molecule has 1 fully saturated rings. The van der Waals surface area contributed by atoms with Gasteiger partial charge in [0.15, 0.2) is 0 Å². The minimum atomic E-state index is -0.0474. The van der Waals surface area contributed by atoms with Crippen LogP contribution in [0.2, 0.25) is 0 Å². The summed E-state index contributed by atoms with van der Waals surface area (Å²) < 4.78 is 0. The van der Waals surface area contributed by atoms with E-state index in [4.69, 9.17) is 5.73 Å². The molecule has 18 heavy (non-hydrogen) atoms. The van der Waals surface area contributed by atoms with Gasteiger partial charge in [-0.3, -0.25) is 4.79 Å². The lowest BCUT2D eigenvalue weighted by molar-refractivity contribution is 0.0503. The zero-order valence-corrected chi connectivity index (χ0v) is 10.7. The van der Waals surface area contributed by atoms with Gasteiger partial charge < -0.3 is 15.7 Å². The predicted molar refractivity (Wildman–Crippen MR) is 71.4 cm³/mol. The molecule has 1 heterocycles. The first-order valence-electron chi connectivity index (χ1n) is 6.41. The molecule has 0 radical (unpaired) electrons. The number of nitrogen functional groups attached to an aromatic ring is 1. The van der Waals surface area contributed by atoms with Gasteiger partial charge in [0.25, 0.3) is 5.91 Å². The Morgan fingerprint density at radius 1 is 1.50 bits per heavy atom. The van der Waals surface area contributed by atoms with Crippen molar-refractivity contribution in [3.8, 4) is 0 Å². The smallest absolute Gasteiger partial charge is 0.254 e. The Hall–Kier alpha value is -1.55. The van der Waals surface area contributed by atoms with Gasteiger partial charge in [-0.25, -0.2) is 0 Å². The molecule has 1 aromatic rings. The second-order valence-corrected chi connectivity index (χ2v) is 4.90. The molecule has 1 aliphatic heterocycles. The van der Waals surface area contributed by atoms with Crippen LogP contribution in [0, 0.1) is 6.92 Å². The molecular weight excluding hydrogens is 228 g/mol. The standard InChI is InChI=1S/C14H20N2O2/c1-10-5-6-11(8-13(10)15)14(18)16-7-3-2-4-12(16)9-17/h5-6,8,12,17H,2-4,7,9,15H2,1H3. The summed E-state index contributed by atoms with van der Waals surface area (Å²) in [4.78, 5) is 14.2. The summed E-state index contributed by atoms with van der Waals surface area (Å²) in [6, 6.07) is 5.34. The molecule has 1 amide bonds. The molecule has 0 aromatic heterocycles. The van der Waals surface area contributed by atoms with Crippen LogP contribution in [0.1, 0.15) is 35.2 Å². The van der Waals surface area contributed by atoms with Gasteiger partial charge in [0.05, 0.1) is 12.6 Å². The van der Waals surface area contributed by atoms with Crippen LogP contribution in [0.4, 0.5) is 5.69 Å². The number of carbonyl (C=O) groups excluding carboxylic acids is 1. The summed E-state index contributed by atoms with van der Waals surface area (Å²) in [6.07, 6.45) is 2.96. The molecule has 1 atom stereocenters. The van der Waals surface area contributed by atoms with E-state index >= 15 is 0 Å². The van der Waals surface area contributed by atoms with Gasteiger partial charge in [0.1, 0.15) is 0 Å². The number of rotatable bonds is 2. The Morgan fingerprint density at radius 2 is 2.28 bits per heavy atom. The highest BCUT2D eigenvalue weighted by Gasteiger charge is 2.26. The number of anilines is 1. The molecule has 0 bridgehead atoms. The Balaban J connectivity index is 2.21. The maximum atomic E-state index is 12.4. The highest BCUT2D eigenvalue weighted by Crippen LogP contribution is 2.21. The molecule has 0 saturated carbocycles. The number of nitrogens with zero attached hydrogens (tertiary/aromatic N) is 1. The first-order chi connectivity index (χ1) is 8.63. The molecular formula is C14H20N2O2. The first kappa shape index (κ1) is 12.9. The van der Waals surface area contributed by atoms with Crippen molar-refractivity contribution in [1.29, 1.82) is 0 Å². The second-order valence-electron chi connectivity index (χ2n) is 4.90. The van der Waals surface area contributed by atoms with E-state index in [2.05, 4.69) is 0 Å². The van der Waals surface area contributed by atoms with Crippen molar-refractivity contribution in [3.05, 3.63) is 29.3 Å². The van der Waals surface area contributed by atoms with Crippen molar-refractivity contribution in [2.75, 3.05) is 18.9 Å². The average molecular weight is 248 g/mol. The quantitative estimate of drug-likeness (QED) is 0.781. The minimum absolute atomic E-state index is 0.0274. The molecule has 1 unspecified atom stereocenters. The van der Waals surface area contributed by atoms with Crippen molar-refractivity contribution >= 4 is 11.6 Å². The Labute approximate surface area is 107 Å². The topological polar surface area (TPSA) is 66.6 Å². The van der Waals surface area contributed by atoms with Crippen molar-refractivity contribution in [3.63, 3.8) is 0 Å². The Kier molecular flexibility index (Phi) is 3.87. The number of aliphatic hydroxyl groups is 1. The van der Waals surface area contributed by atoms with Gasteiger partial charge in [0.2, 0.25) is 0 Å². The largest absolute Gasteiger partial charge is 0.398 e. The number of hydrogen-bond donors (Lipinski definition) is 2. The molecule has 0 aliphatic carbocycles. The highest BCUT2D eigenvalue weighted by atomic mass is 16.3. The van der Waals surface area contributed by atoms with E-state index in [1.54, 1.807) is 17.0 Å². The van der Waals surface area contributed by atoms with Crippen molar-refractivity contribution in [1.82, 2.24) is 4.90 Å². The normalized spacial score (nSPS) is 19.9. The fourth-order valence-corrected chi connectivity index (χ4v) is 2.40. The molecule has 4 heteroatoms. The lowest BCUT2D eigenvalue weighted by atomic mass is 10.0. The Bertz CT molecular complexity index is 445. The maximum absolute atomic E-state index is 12.4. The van der Waals surface area contributed by atoms with Gasteiger partial charge in [-0.15, -0.1) is 0 Å². The number of amides is 1. The van der Waals surface area contributed by atoms with Crippen molar-refractivity contribution in [2.24, 2.45) is 0 Å². The summed E-state index contributed by atoms with van der Waals surface area (Å²) in [7, 11) is 0. The van der Waals surface area contributed by atoms with Crippen molar-refractivity contribution in [2.45, 2.75) is 32.2 Å². The summed E-state index contributed by atoms with van der Waals surface area (Å²) in [6.45, 7) is 2.67. The number of aryl methyl sites for hydroxylation is 1. The Morgan fingerprint density at radius 3 is 2.94 bits per heavy atom. The van der Waals surface area contributed by atoms with Gasteiger partial charge in [-0.1, -0.05) is 6.07 Å². The van der Waals surface area contributed by atoms with E-state index < -0.39 is 0 Å². The van der Waals surface area contributed by atoms with E-state index in [1.165, 1.54) is 0 Å². The van der Waals surface area contributed by atoms with E-state index in [9.17, 15) is 9.90 Å². The van der Waals surface area contributed by atoms with Crippen LogP contribution < -0.4 is 5.73 Å². The van der Waals surface area contributed by atoms with E-state index in [0.29, 0.717) is 11.3 Å². The molecule has 1 aliphatic rings. The number of carbonyl (C=O) groups is 1. The summed E-state index contributed by atoms with van der Waals surface area (Å²) in [5, 5.41) is 9.34. The number of piperidine rings is 1. The van der Waals surface area contributed by atoms with E-state index in [-0.39, 0.29) is 18.6 Å². The molecule has 0 spiro atoms. The number of aliphatic hydroxyl groups excluding tert-OH is 1. The maximum Gasteiger partial charge on any atom is 0.254 e. The first-order valence-corrected chi connectivity index (χ1v) is 6.41. The molecule has 1 saturated heterocycles. The number of likely N-dealkylation sites (tertiary alicyclic amines) is 1. The van der Waals surface area contributed by atoms with Crippen LogP contribution in [0.5, 0.6) is 0 Å². The van der Waals surface area contributed by atoms with E-state index in [0.717, 1.165) is 31.4 Å². The summed E-state index contributed by atoms with van der Waals surface area (Å²) in [5.74, 6) is -0.0274. The van der Waals surface area contributed by atoms with Crippen LogP contribution in [-0.4, -0.2) is 35.1 Å². The fraction of sp³-hybridized carbons (Fsp3) is 0.500. The predicted octanol–water partition coefficient (Wildman–Crippen LogP) is 1.56. The van der Waals surface area contributed by atoms with Crippen LogP contribution in [-0.2, 0) is 0 Å². The monoisotopic (exact) mass is 248 g/mol. The average Bonchev–Trinajstić information content (AvgIpc) is 2.41. The molecule has 2 rings (SSSR count). The van der Waals surface area contributed by atoms with Crippen LogP contribution in [0.15, 0.2) is 18.2 Å². The number of hydrogen-bond acceptors (Lipinski definition) is 3. The molecule has 4 nitrogen and oxygen atoms in total. The number of benzene rings is 1. The lowest BCUT2D eigenvalue weighted by Crippen LogP contribution is -2.45. The van der Waals surface area contributed by atoms with E-state index in [1.807, 2.05) is 13.0 Å².